The number of hydrogen-bond acceptors (Lipinski definition) is 1. The summed E-state index contributed by atoms with van der Waals surface area (Å²) >= 11 is 0. The monoisotopic (exact) mass is 205 g/mol. The van der Waals surface area contributed by atoms with Gasteiger partial charge >= 0.3 is 0 Å². The number of benzene rings is 1. The van der Waals surface area contributed by atoms with Crippen molar-refractivity contribution >= 4 is 5.69 Å². The fourth-order valence-corrected chi connectivity index (χ4v) is 1.63. The van der Waals surface area contributed by atoms with Crippen molar-refractivity contribution in [3.8, 4) is 0 Å². The molecule has 84 valence electrons. The summed E-state index contributed by atoms with van der Waals surface area (Å²) in [5.74, 6) is 0.775. The molecule has 1 aromatic carbocycles. The first-order chi connectivity index (χ1) is 7.09. The van der Waals surface area contributed by atoms with Crippen LogP contribution in [0.4, 0.5) is 5.69 Å². The van der Waals surface area contributed by atoms with Crippen LogP contribution in [0.25, 0.3) is 0 Å². The maximum absolute atomic E-state index is 3.50. The van der Waals surface area contributed by atoms with Gasteiger partial charge in [-0.15, -0.1) is 0 Å². The van der Waals surface area contributed by atoms with E-state index in [0.717, 1.165) is 5.92 Å². The predicted molar refractivity (Wildman–Crippen MR) is 68.4 cm³/mol. The number of rotatable bonds is 5. The van der Waals surface area contributed by atoms with Gasteiger partial charge in [-0.1, -0.05) is 32.0 Å². The van der Waals surface area contributed by atoms with Crippen LogP contribution in [0.1, 0.15) is 39.7 Å². The first-order valence-corrected chi connectivity index (χ1v) is 5.94. The van der Waals surface area contributed by atoms with Gasteiger partial charge in [-0.25, -0.2) is 0 Å². The van der Waals surface area contributed by atoms with Crippen LogP contribution in [0, 0.1) is 5.92 Å². The van der Waals surface area contributed by atoms with E-state index in [1.807, 2.05) is 0 Å². The molecule has 1 heteroatoms. The Labute approximate surface area is 93.9 Å². The van der Waals surface area contributed by atoms with E-state index >= 15 is 0 Å². The molecule has 1 rings (SSSR count). The maximum Gasteiger partial charge on any atom is 0.0374 e. The Morgan fingerprint density at radius 3 is 2.33 bits per heavy atom. The average molecular weight is 205 g/mol. The number of para-hydroxylation sites is 1. The van der Waals surface area contributed by atoms with Crippen LogP contribution in [0.2, 0.25) is 0 Å². The van der Waals surface area contributed by atoms with Gasteiger partial charge in [-0.3, -0.25) is 0 Å². The zero-order chi connectivity index (χ0) is 11.3. The first-order valence-electron chi connectivity index (χ1n) is 5.94. The summed E-state index contributed by atoms with van der Waals surface area (Å²) in [6.45, 7) is 8.91. The van der Waals surface area contributed by atoms with E-state index in [-0.39, 0.29) is 0 Å². The van der Waals surface area contributed by atoms with Crippen molar-refractivity contribution in [1.29, 1.82) is 0 Å². The second-order valence-corrected chi connectivity index (χ2v) is 4.89. The quantitative estimate of drug-likeness (QED) is 0.763. The van der Waals surface area contributed by atoms with Crippen molar-refractivity contribution in [2.75, 3.05) is 5.32 Å². The minimum atomic E-state index is 0.505. The number of anilines is 1. The summed E-state index contributed by atoms with van der Waals surface area (Å²) in [7, 11) is 0. The number of aryl methyl sites for hydroxylation is 1. The van der Waals surface area contributed by atoms with Crippen LogP contribution in [-0.4, -0.2) is 6.04 Å². The van der Waals surface area contributed by atoms with Crippen molar-refractivity contribution in [2.45, 2.75) is 46.6 Å². The molecule has 1 N–H and O–H groups in total. The lowest BCUT2D eigenvalue weighted by molar-refractivity contribution is 0.587. The molecule has 15 heavy (non-hydrogen) atoms. The van der Waals surface area contributed by atoms with Gasteiger partial charge in [0, 0.05) is 11.7 Å². The van der Waals surface area contributed by atoms with E-state index in [9.17, 15) is 0 Å². The highest BCUT2D eigenvalue weighted by Crippen LogP contribution is 2.19. The van der Waals surface area contributed by atoms with E-state index in [0.29, 0.717) is 6.04 Å². The standard InChI is InChI=1S/C14H23N/c1-11(2)9-10-13-7-5-6-8-14(13)15-12(3)4/h5-8,11-12,15H,9-10H2,1-4H3. The van der Waals surface area contributed by atoms with Crippen LogP contribution in [0.5, 0.6) is 0 Å². The van der Waals surface area contributed by atoms with Crippen molar-refractivity contribution < 1.29 is 0 Å². The van der Waals surface area contributed by atoms with Gasteiger partial charge in [0.05, 0.1) is 0 Å². The van der Waals surface area contributed by atoms with Crippen molar-refractivity contribution in [3.05, 3.63) is 29.8 Å². The van der Waals surface area contributed by atoms with Gasteiger partial charge in [0.25, 0.3) is 0 Å². The van der Waals surface area contributed by atoms with Crippen LogP contribution >= 0.6 is 0 Å². The molecular formula is C14H23N. The van der Waals surface area contributed by atoms with Gasteiger partial charge in [0.2, 0.25) is 0 Å². The van der Waals surface area contributed by atoms with Crippen LogP contribution in [0.3, 0.4) is 0 Å². The highest BCUT2D eigenvalue weighted by atomic mass is 14.9. The van der Waals surface area contributed by atoms with Gasteiger partial charge in [0.15, 0.2) is 0 Å². The number of hydrogen-bond donors (Lipinski definition) is 1. The van der Waals surface area contributed by atoms with E-state index in [1.54, 1.807) is 0 Å². The highest BCUT2D eigenvalue weighted by Gasteiger charge is 2.03. The summed E-state index contributed by atoms with van der Waals surface area (Å²) in [5, 5.41) is 3.50. The van der Waals surface area contributed by atoms with Crippen LogP contribution in [0.15, 0.2) is 24.3 Å². The smallest absolute Gasteiger partial charge is 0.0374 e. The summed E-state index contributed by atoms with van der Waals surface area (Å²) in [5.41, 5.74) is 2.74. The highest BCUT2D eigenvalue weighted by molar-refractivity contribution is 5.51. The second kappa shape index (κ2) is 5.79. The third kappa shape index (κ3) is 4.37. The van der Waals surface area contributed by atoms with Gasteiger partial charge in [0.1, 0.15) is 0 Å². The molecule has 0 unspecified atom stereocenters. The van der Waals surface area contributed by atoms with Gasteiger partial charge in [-0.2, -0.15) is 0 Å². The molecule has 0 fully saturated rings. The fourth-order valence-electron chi connectivity index (χ4n) is 1.63. The SMILES string of the molecule is CC(C)CCc1ccccc1NC(C)C. The van der Waals surface area contributed by atoms with Gasteiger partial charge < -0.3 is 5.32 Å². The summed E-state index contributed by atoms with van der Waals surface area (Å²) < 4.78 is 0. The minimum Gasteiger partial charge on any atom is -0.383 e. The molecule has 0 radical (unpaired) electrons. The first kappa shape index (κ1) is 12.1. The van der Waals surface area contributed by atoms with Crippen LogP contribution < -0.4 is 5.32 Å². The molecule has 0 aromatic heterocycles. The molecular weight excluding hydrogens is 182 g/mol. The molecule has 0 aliphatic heterocycles. The van der Waals surface area contributed by atoms with Crippen molar-refractivity contribution in [3.63, 3.8) is 0 Å². The topological polar surface area (TPSA) is 12.0 Å². The molecule has 0 atom stereocenters. The molecule has 0 bridgehead atoms. The zero-order valence-electron chi connectivity index (χ0n) is 10.4. The molecule has 0 aliphatic carbocycles. The molecule has 0 saturated heterocycles. The minimum absolute atomic E-state index is 0.505. The Morgan fingerprint density at radius 2 is 1.73 bits per heavy atom. The maximum atomic E-state index is 3.50. The van der Waals surface area contributed by atoms with Crippen molar-refractivity contribution in [2.24, 2.45) is 5.92 Å². The number of nitrogens with one attached hydrogen (secondary N) is 1. The summed E-state index contributed by atoms with van der Waals surface area (Å²) in [6, 6.07) is 9.14. The molecule has 1 aromatic rings. The molecule has 0 heterocycles. The molecule has 1 nitrogen and oxygen atoms in total. The van der Waals surface area contributed by atoms with E-state index in [2.05, 4.69) is 57.3 Å². The second-order valence-electron chi connectivity index (χ2n) is 4.89. The summed E-state index contributed by atoms with van der Waals surface area (Å²) in [6.07, 6.45) is 2.43. The van der Waals surface area contributed by atoms with E-state index < -0.39 is 0 Å². The Bertz CT molecular complexity index is 289. The summed E-state index contributed by atoms with van der Waals surface area (Å²) in [4.78, 5) is 0. The third-order valence-corrected chi connectivity index (χ3v) is 2.45. The van der Waals surface area contributed by atoms with E-state index in [4.69, 9.17) is 0 Å². The lowest BCUT2D eigenvalue weighted by Gasteiger charge is -2.15. The molecule has 0 saturated carbocycles. The third-order valence-electron chi connectivity index (χ3n) is 2.45. The average Bonchev–Trinajstić information content (AvgIpc) is 2.15. The zero-order valence-corrected chi connectivity index (χ0v) is 10.4. The molecule has 0 aliphatic rings. The van der Waals surface area contributed by atoms with Gasteiger partial charge in [-0.05, 0) is 44.2 Å². The largest absolute Gasteiger partial charge is 0.383 e. The lowest BCUT2D eigenvalue weighted by atomic mass is 10.0. The lowest BCUT2D eigenvalue weighted by Crippen LogP contribution is -2.11. The molecule has 0 amide bonds. The Kier molecular flexibility index (Phi) is 4.67. The Morgan fingerprint density at radius 1 is 1.07 bits per heavy atom. The normalized spacial score (nSPS) is 11.1. The molecule has 0 spiro atoms. The fraction of sp³-hybridized carbons (Fsp3) is 0.571. The Hall–Kier alpha value is -0.980. The van der Waals surface area contributed by atoms with E-state index in [1.165, 1.54) is 24.1 Å². The van der Waals surface area contributed by atoms with Crippen molar-refractivity contribution in [1.82, 2.24) is 0 Å². The predicted octanol–water partition coefficient (Wildman–Crippen LogP) is 4.10. The van der Waals surface area contributed by atoms with Crippen LogP contribution in [-0.2, 0) is 6.42 Å². The Balaban J connectivity index is 2.68.